The van der Waals surface area contributed by atoms with Gasteiger partial charge in [-0.1, -0.05) is 31.4 Å². The largest absolute Gasteiger partial charge is 0.265 e. The van der Waals surface area contributed by atoms with Crippen LogP contribution in [0, 0.1) is 0 Å². The zero-order valence-corrected chi connectivity index (χ0v) is 7.75. The average Bonchev–Trinajstić information content (AvgIpc) is 2.11. The fraction of sp³-hybridized carbons (Fsp3) is 0.182. The molecular formula is C11H15N. The van der Waals surface area contributed by atoms with Crippen LogP contribution in [0.5, 0.6) is 0 Å². The molecule has 0 saturated heterocycles. The van der Waals surface area contributed by atoms with Gasteiger partial charge < -0.3 is 0 Å². The summed E-state index contributed by atoms with van der Waals surface area (Å²) >= 11 is 0. The van der Waals surface area contributed by atoms with Crippen molar-refractivity contribution in [1.29, 1.82) is 0 Å². The first kappa shape index (κ1) is 10.6. The third-order valence-corrected chi connectivity index (χ3v) is 1.43. The zero-order chi connectivity index (χ0) is 9.40. The summed E-state index contributed by atoms with van der Waals surface area (Å²) in [6.07, 6.45) is 9.05. The van der Waals surface area contributed by atoms with Gasteiger partial charge in [-0.25, -0.2) is 0 Å². The molecule has 0 unspecified atom stereocenters. The van der Waals surface area contributed by atoms with Gasteiger partial charge >= 0.3 is 0 Å². The van der Waals surface area contributed by atoms with Crippen LogP contribution in [-0.4, -0.2) is 6.21 Å². The highest BCUT2D eigenvalue weighted by Gasteiger charge is 1.89. The van der Waals surface area contributed by atoms with Crippen molar-refractivity contribution in [2.75, 3.05) is 0 Å². The van der Waals surface area contributed by atoms with Crippen molar-refractivity contribution in [3.05, 3.63) is 48.7 Å². The SMILES string of the molecule is C=C\N=C/C(/C=C\C)=C(\C)C=C. The molecule has 64 valence electrons. The standard InChI is InChI=1S/C11H15N/c1-5-8-11(9-12-7-3)10(4)6-2/h5-9H,2-3H2,1,4H3/b8-5-,11-10+,12-9-. The molecule has 0 spiro atoms. The Kier molecular flexibility index (Phi) is 5.62. The summed E-state index contributed by atoms with van der Waals surface area (Å²) in [5.74, 6) is 0. The first-order valence-electron chi connectivity index (χ1n) is 3.86. The van der Waals surface area contributed by atoms with Crippen molar-refractivity contribution < 1.29 is 0 Å². The van der Waals surface area contributed by atoms with Crippen LogP contribution in [0.3, 0.4) is 0 Å². The van der Waals surface area contributed by atoms with Gasteiger partial charge in [-0.15, -0.1) is 0 Å². The lowest BCUT2D eigenvalue weighted by molar-refractivity contribution is 1.47. The van der Waals surface area contributed by atoms with E-state index in [1.165, 1.54) is 6.20 Å². The number of nitrogens with zero attached hydrogens (tertiary/aromatic N) is 1. The summed E-state index contributed by atoms with van der Waals surface area (Å²) in [5, 5.41) is 0. The second kappa shape index (κ2) is 6.35. The molecule has 0 heterocycles. The Bertz CT molecular complexity index is 242. The number of rotatable bonds is 4. The lowest BCUT2D eigenvalue weighted by atomic mass is 10.1. The van der Waals surface area contributed by atoms with Crippen molar-refractivity contribution in [1.82, 2.24) is 0 Å². The number of aliphatic imine (C=N–C) groups is 1. The number of hydrogen-bond donors (Lipinski definition) is 0. The molecule has 0 amide bonds. The lowest BCUT2D eigenvalue weighted by Gasteiger charge is -1.95. The molecule has 1 heteroatoms. The maximum atomic E-state index is 3.94. The van der Waals surface area contributed by atoms with E-state index in [0.29, 0.717) is 0 Å². The smallest absolute Gasteiger partial charge is 0.0342 e. The normalized spacial score (nSPS) is 13.5. The number of allylic oxidation sites excluding steroid dienone is 5. The monoisotopic (exact) mass is 161 g/mol. The Morgan fingerprint density at radius 2 is 2.00 bits per heavy atom. The van der Waals surface area contributed by atoms with E-state index in [4.69, 9.17) is 0 Å². The second-order valence-electron chi connectivity index (χ2n) is 2.30. The first-order valence-corrected chi connectivity index (χ1v) is 3.86. The van der Waals surface area contributed by atoms with E-state index in [1.54, 1.807) is 6.21 Å². The summed E-state index contributed by atoms with van der Waals surface area (Å²) in [4.78, 5) is 3.94. The third kappa shape index (κ3) is 3.71. The van der Waals surface area contributed by atoms with Gasteiger partial charge in [-0.3, -0.25) is 4.99 Å². The van der Waals surface area contributed by atoms with Crippen molar-refractivity contribution in [3.8, 4) is 0 Å². The predicted octanol–water partition coefficient (Wildman–Crippen LogP) is 3.28. The van der Waals surface area contributed by atoms with Crippen LogP contribution >= 0.6 is 0 Å². The van der Waals surface area contributed by atoms with E-state index in [0.717, 1.165) is 11.1 Å². The summed E-state index contributed by atoms with van der Waals surface area (Å²) in [5.41, 5.74) is 2.17. The molecule has 0 radical (unpaired) electrons. The van der Waals surface area contributed by atoms with E-state index in [-0.39, 0.29) is 0 Å². The van der Waals surface area contributed by atoms with Crippen molar-refractivity contribution in [3.63, 3.8) is 0 Å². The van der Waals surface area contributed by atoms with Gasteiger partial charge in [0.1, 0.15) is 0 Å². The van der Waals surface area contributed by atoms with E-state index in [9.17, 15) is 0 Å². The van der Waals surface area contributed by atoms with Gasteiger partial charge in [0, 0.05) is 12.4 Å². The van der Waals surface area contributed by atoms with Crippen LogP contribution in [0.2, 0.25) is 0 Å². The van der Waals surface area contributed by atoms with Crippen LogP contribution in [0.25, 0.3) is 0 Å². The molecule has 0 rings (SSSR count). The maximum Gasteiger partial charge on any atom is 0.0342 e. The van der Waals surface area contributed by atoms with E-state index in [1.807, 2.05) is 32.1 Å². The van der Waals surface area contributed by atoms with Gasteiger partial charge in [-0.2, -0.15) is 0 Å². The summed E-state index contributed by atoms with van der Waals surface area (Å²) in [6, 6.07) is 0. The summed E-state index contributed by atoms with van der Waals surface area (Å²) in [7, 11) is 0. The van der Waals surface area contributed by atoms with Crippen molar-refractivity contribution in [2.45, 2.75) is 13.8 Å². The lowest BCUT2D eigenvalue weighted by Crippen LogP contribution is -1.83. The fourth-order valence-electron chi connectivity index (χ4n) is 0.707. The van der Waals surface area contributed by atoms with E-state index >= 15 is 0 Å². The van der Waals surface area contributed by atoms with Gasteiger partial charge in [0.05, 0.1) is 0 Å². The molecule has 0 N–H and O–H groups in total. The molecule has 1 nitrogen and oxygen atoms in total. The predicted molar refractivity (Wildman–Crippen MR) is 56.4 cm³/mol. The van der Waals surface area contributed by atoms with Gasteiger partial charge in [0.25, 0.3) is 0 Å². The molecular weight excluding hydrogens is 146 g/mol. The minimum absolute atomic E-state index is 1.06. The molecule has 0 aliphatic rings. The Morgan fingerprint density at radius 1 is 1.33 bits per heavy atom. The molecule has 12 heavy (non-hydrogen) atoms. The van der Waals surface area contributed by atoms with Crippen LogP contribution in [0.4, 0.5) is 0 Å². The Morgan fingerprint density at radius 3 is 2.42 bits per heavy atom. The van der Waals surface area contributed by atoms with Crippen LogP contribution in [0.15, 0.2) is 53.7 Å². The Hall–Kier alpha value is -1.37. The molecule has 0 bridgehead atoms. The Balaban J connectivity index is 4.76. The average molecular weight is 161 g/mol. The van der Waals surface area contributed by atoms with E-state index in [2.05, 4.69) is 18.2 Å². The summed E-state index contributed by atoms with van der Waals surface area (Å²) in [6.45, 7) is 11.2. The minimum Gasteiger partial charge on any atom is -0.265 e. The molecule has 0 saturated carbocycles. The molecule has 0 aromatic rings. The highest BCUT2D eigenvalue weighted by molar-refractivity contribution is 5.84. The molecule has 0 aromatic heterocycles. The molecule has 0 aliphatic carbocycles. The highest BCUT2D eigenvalue weighted by atomic mass is 14.7. The minimum atomic E-state index is 1.06. The summed E-state index contributed by atoms with van der Waals surface area (Å²) < 4.78 is 0. The van der Waals surface area contributed by atoms with Crippen molar-refractivity contribution in [2.24, 2.45) is 4.99 Å². The van der Waals surface area contributed by atoms with Gasteiger partial charge in [0.2, 0.25) is 0 Å². The second-order valence-corrected chi connectivity index (χ2v) is 2.30. The quantitative estimate of drug-likeness (QED) is 0.443. The zero-order valence-electron chi connectivity index (χ0n) is 7.75. The van der Waals surface area contributed by atoms with Gasteiger partial charge in [0.15, 0.2) is 0 Å². The third-order valence-electron chi connectivity index (χ3n) is 1.43. The molecule has 0 aromatic carbocycles. The van der Waals surface area contributed by atoms with E-state index < -0.39 is 0 Å². The highest BCUT2D eigenvalue weighted by Crippen LogP contribution is 2.04. The fourth-order valence-corrected chi connectivity index (χ4v) is 0.707. The first-order chi connectivity index (χ1) is 5.76. The topological polar surface area (TPSA) is 12.4 Å². The van der Waals surface area contributed by atoms with Crippen molar-refractivity contribution >= 4 is 6.21 Å². The molecule has 0 atom stereocenters. The van der Waals surface area contributed by atoms with Crippen LogP contribution in [0.1, 0.15) is 13.8 Å². The molecule has 0 aliphatic heterocycles. The van der Waals surface area contributed by atoms with Crippen LogP contribution in [-0.2, 0) is 0 Å². The van der Waals surface area contributed by atoms with Gasteiger partial charge in [-0.05, 0) is 25.0 Å². The maximum absolute atomic E-state index is 3.94. The number of hydrogen-bond acceptors (Lipinski definition) is 1. The molecule has 0 fully saturated rings. The van der Waals surface area contributed by atoms with Crippen LogP contribution < -0.4 is 0 Å². The Labute approximate surface area is 74.5 Å².